The molecule has 0 aliphatic rings. The second-order valence-corrected chi connectivity index (χ2v) is 6.89. The van der Waals surface area contributed by atoms with Crippen molar-refractivity contribution in [1.29, 1.82) is 0 Å². The lowest BCUT2D eigenvalue weighted by atomic mass is 10.2. The zero-order chi connectivity index (χ0) is 13.9. The lowest BCUT2D eigenvalue weighted by Crippen LogP contribution is -2.35. The SMILES string of the molecule is CN(C)S(=O)(=O)NCc1nc(-c2cccnc2)cs1. The number of rotatable bonds is 5. The first-order valence-corrected chi connectivity index (χ1v) is 7.83. The molecular formula is C11H14N4O2S2. The van der Waals surface area contributed by atoms with E-state index >= 15 is 0 Å². The first kappa shape index (κ1) is 14.1. The molecule has 0 saturated carbocycles. The van der Waals surface area contributed by atoms with Crippen molar-refractivity contribution in [2.24, 2.45) is 0 Å². The summed E-state index contributed by atoms with van der Waals surface area (Å²) in [6.45, 7) is 0.186. The van der Waals surface area contributed by atoms with Gasteiger partial charge in [0.2, 0.25) is 0 Å². The highest BCUT2D eigenvalue weighted by Crippen LogP contribution is 2.20. The standard InChI is InChI=1S/C11H14N4O2S2/c1-15(2)19(16,17)13-7-11-14-10(8-18-11)9-4-3-5-12-6-9/h3-6,8,13H,7H2,1-2H3. The molecule has 0 aliphatic heterocycles. The van der Waals surface area contributed by atoms with Crippen LogP contribution in [0.5, 0.6) is 0 Å². The van der Waals surface area contributed by atoms with E-state index in [4.69, 9.17) is 0 Å². The maximum Gasteiger partial charge on any atom is 0.279 e. The monoisotopic (exact) mass is 298 g/mol. The van der Waals surface area contributed by atoms with Crippen LogP contribution in [0.1, 0.15) is 5.01 Å². The predicted molar refractivity (Wildman–Crippen MR) is 74.8 cm³/mol. The Hall–Kier alpha value is -1.35. The first-order chi connectivity index (χ1) is 8.99. The quantitative estimate of drug-likeness (QED) is 0.897. The van der Waals surface area contributed by atoms with Gasteiger partial charge < -0.3 is 0 Å². The van der Waals surface area contributed by atoms with E-state index in [0.29, 0.717) is 5.01 Å². The molecule has 0 saturated heterocycles. The van der Waals surface area contributed by atoms with Crippen molar-refractivity contribution in [2.45, 2.75) is 6.54 Å². The molecule has 2 aromatic heterocycles. The molecule has 0 fully saturated rings. The summed E-state index contributed by atoms with van der Waals surface area (Å²) in [7, 11) is -0.459. The Labute approximate surface area is 116 Å². The maximum absolute atomic E-state index is 11.6. The minimum atomic E-state index is -3.41. The van der Waals surface area contributed by atoms with E-state index in [2.05, 4.69) is 14.7 Å². The van der Waals surface area contributed by atoms with Crippen molar-refractivity contribution in [3.8, 4) is 11.3 Å². The number of nitrogens with zero attached hydrogens (tertiary/aromatic N) is 3. The summed E-state index contributed by atoms with van der Waals surface area (Å²) in [5, 5.41) is 2.60. The third-order valence-corrected chi connectivity index (χ3v) is 4.71. The number of aromatic nitrogens is 2. The van der Waals surface area contributed by atoms with Crippen molar-refractivity contribution >= 4 is 21.5 Å². The van der Waals surface area contributed by atoms with Crippen molar-refractivity contribution in [3.63, 3.8) is 0 Å². The third-order valence-electron chi connectivity index (χ3n) is 2.40. The molecule has 0 radical (unpaired) electrons. The highest BCUT2D eigenvalue weighted by atomic mass is 32.2. The molecule has 1 N–H and O–H groups in total. The van der Waals surface area contributed by atoms with Gasteiger partial charge in [-0.3, -0.25) is 4.98 Å². The van der Waals surface area contributed by atoms with E-state index in [1.54, 1.807) is 12.4 Å². The molecule has 19 heavy (non-hydrogen) atoms. The molecule has 0 unspecified atom stereocenters. The topological polar surface area (TPSA) is 75.2 Å². The summed E-state index contributed by atoms with van der Waals surface area (Å²) in [6.07, 6.45) is 3.42. The molecule has 0 bridgehead atoms. The highest BCUT2D eigenvalue weighted by Gasteiger charge is 2.13. The largest absolute Gasteiger partial charge is 0.279 e. The van der Waals surface area contributed by atoms with Crippen LogP contribution < -0.4 is 4.72 Å². The van der Waals surface area contributed by atoms with Gasteiger partial charge in [0.15, 0.2) is 0 Å². The molecule has 2 aromatic rings. The normalized spacial score (nSPS) is 11.9. The van der Waals surface area contributed by atoms with E-state index in [1.807, 2.05) is 17.5 Å². The molecule has 6 nitrogen and oxygen atoms in total. The van der Waals surface area contributed by atoms with E-state index in [1.165, 1.54) is 25.4 Å². The molecule has 0 aromatic carbocycles. The van der Waals surface area contributed by atoms with E-state index in [9.17, 15) is 8.42 Å². The average molecular weight is 298 g/mol. The number of nitrogens with one attached hydrogen (secondary N) is 1. The number of thiazole rings is 1. The van der Waals surface area contributed by atoms with Gasteiger partial charge in [0.05, 0.1) is 12.2 Å². The van der Waals surface area contributed by atoms with Crippen molar-refractivity contribution < 1.29 is 8.42 Å². The van der Waals surface area contributed by atoms with Gasteiger partial charge in [-0.2, -0.15) is 17.4 Å². The fourth-order valence-electron chi connectivity index (χ4n) is 1.32. The van der Waals surface area contributed by atoms with Crippen LogP contribution in [0.15, 0.2) is 29.9 Å². The minimum absolute atomic E-state index is 0.186. The van der Waals surface area contributed by atoms with Gasteiger partial charge in [-0.25, -0.2) is 4.98 Å². The van der Waals surface area contributed by atoms with Crippen LogP contribution in [0, 0.1) is 0 Å². The van der Waals surface area contributed by atoms with Gasteiger partial charge in [0, 0.05) is 37.4 Å². The fourth-order valence-corrected chi connectivity index (χ4v) is 2.73. The lowest BCUT2D eigenvalue weighted by molar-refractivity contribution is 0.505. The Kier molecular flexibility index (Phi) is 4.25. The number of hydrogen-bond acceptors (Lipinski definition) is 5. The highest BCUT2D eigenvalue weighted by molar-refractivity contribution is 7.87. The zero-order valence-corrected chi connectivity index (χ0v) is 12.2. The van der Waals surface area contributed by atoms with E-state index in [-0.39, 0.29) is 6.54 Å². The maximum atomic E-state index is 11.6. The molecule has 0 aliphatic carbocycles. The second-order valence-electron chi connectivity index (χ2n) is 3.98. The van der Waals surface area contributed by atoms with Crippen molar-refractivity contribution in [1.82, 2.24) is 19.0 Å². The summed E-state index contributed by atoms with van der Waals surface area (Å²) in [5.74, 6) is 0. The van der Waals surface area contributed by atoms with Gasteiger partial charge in [0.1, 0.15) is 5.01 Å². The van der Waals surface area contributed by atoms with E-state index < -0.39 is 10.2 Å². The average Bonchev–Trinajstić information content (AvgIpc) is 2.86. The molecule has 2 heterocycles. The fraction of sp³-hybridized carbons (Fsp3) is 0.273. The first-order valence-electron chi connectivity index (χ1n) is 5.51. The molecular weight excluding hydrogens is 284 g/mol. The molecule has 0 atom stereocenters. The molecule has 0 spiro atoms. The smallest absolute Gasteiger partial charge is 0.264 e. The molecule has 102 valence electrons. The Morgan fingerprint density at radius 2 is 2.21 bits per heavy atom. The third kappa shape index (κ3) is 3.57. The minimum Gasteiger partial charge on any atom is -0.264 e. The van der Waals surface area contributed by atoms with Crippen LogP contribution in [0.2, 0.25) is 0 Å². The molecule has 2 rings (SSSR count). The van der Waals surface area contributed by atoms with Gasteiger partial charge in [-0.1, -0.05) is 0 Å². The van der Waals surface area contributed by atoms with Crippen LogP contribution >= 0.6 is 11.3 Å². The Balaban J connectivity index is 2.07. The van der Waals surface area contributed by atoms with E-state index in [0.717, 1.165) is 15.6 Å². The summed E-state index contributed by atoms with van der Waals surface area (Å²) in [6, 6.07) is 3.75. The number of pyridine rings is 1. The van der Waals surface area contributed by atoms with Crippen LogP contribution in [0.4, 0.5) is 0 Å². The summed E-state index contributed by atoms with van der Waals surface area (Å²) in [5.41, 5.74) is 1.72. The van der Waals surface area contributed by atoms with Crippen molar-refractivity contribution in [3.05, 3.63) is 34.9 Å². The molecule has 0 amide bonds. The van der Waals surface area contributed by atoms with Gasteiger partial charge in [-0.15, -0.1) is 11.3 Å². The Morgan fingerprint density at radius 1 is 1.42 bits per heavy atom. The zero-order valence-electron chi connectivity index (χ0n) is 10.6. The van der Waals surface area contributed by atoms with Gasteiger partial charge in [0.25, 0.3) is 10.2 Å². The molecule has 8 heteroatoms. The van der Waals surface area contributed by atoms with Crippen molar-refractivity contribution in [2.75, 3.05) is 14.1 Å². The predicted octanol–water partition coefficient (Wildman–Crippen LogP) is 1.10. The summed E-state index contributed by atoms with van der Waals surface area (Å²) >= 11 is 1.41. The number of hydrogen-bond donors (Lipinski definition) is 1. The Bertz CT molecular complexity index is 638. The Morgan fingerprint density at radius 3 is 2.84 bits per heavy atom. The van der Waals surface area contributed by atoms with Gasteiger partial charge >= 0.3 is 0 Å². The van der Waals surface area contributed by atoms with Gasteiger partial charge in [-0.05, 0) is 12.1 Å². The van der Waals surface area contributed by atoms with Crippen LogP contribution in [0.3, 0.4) is 0 Å². The second kappa shape index (κ2) is 5.74. The van der Waals surface area contributed by atoms with Crippen LogP contribution in [0.25, 0.3) is 11.3 Å². The lowest BCUT2D eigenvalue weighted by Gasteiger charge is -2.10. The summed E-state index contributed by atoms with van der Waals surface area (Å²) < 4.78 is 26.7. The van der Waals surface area contributed by atoms with Crippen LogP contribution in [-0.4, -0.2) is 36.8 Å². The van der Waals surface area contributed by atoms with Crippen LogP contribution in [-0.2, 0) is 16.8 Å². The summed E-state index contributed by atoms with van der Waals surface area (Å²) in [4.78, 5) is 8.40.